The van der Waals surface area contributed by atoms with Gasteiger partial charge in [-0.2, -0.15) is 0 Å². The van der Waals surface area contributed by atoms with E-state index in [2.05, 4.69) is 4.98 Å². The van der Waals surface area contributed by atoms with Gasteiger partial charge in [0.2, 0.25) is 0 Å². The van der Waals surface area contributed by atoms with Gasteiger partial charge in [0.25, 0.3) is 0 Å². The number of anilines is 1. The zero-order valence-corrected chi connectivity index (χ0v) is 13.7. The van der Waals surface area contributed by atoms with E-state index < -0.39 is 5.60 Å². The van der Waals surface area contributed by atoms with Crippen LogP contribution in [-0.4, -0.2) is 34.7 Å². The Bertz CT molecular complexity index is 463. The number of carbonyl (C=O) groups excluding carboxylic acids is 1. The molecule has 1 saturated heterocycles. The Balaban J connectivity index is 0.00000220. The molecule has 0 radical (unpaired) electrons. The minimum absolute atomic E-state index is 0. The summed E-state index contributed by atoms with van der Waals surface area (Å²) in [6, 6.07) is 3.85. The number of halogens is 1. The molecule has 0 aromatic carbocycles. The van der Waals surface area contributed by atoms with Crippen LogP contribution >= 0.6 is 12.4 Å². The van der Waals surface area contributed by atoms with Crippen LogP contribution in [0.3, 0.4) is 0 Å². The Hall–Kier alpha value is -1.49. The van der Waals surface area contributed by atoms with E-state index in [1.165, 1.54) is 0 Å². The third kappa shape index (κ3) is 5.08. The Kier molecular flexibility index (Phi) is 5.84. The Morgan fingerprint density at radius 1 is 1.33 bits per heavy atom. The molecule has 2 heterocycles. The van der Waals surface area contributed by atoms with Gasteiger partial charge < -0.3 is 15.4 Å². The number of ether oxygens (including phenoxy) is 1. The Morgan fingerprint density at radius 3 is 2.43 bits per heavy atom. The summed E-state index contributed by atoms with van der Waals surface area (Å²) in [6.45, 7) is 7.08. The average molecular weight is 314 g/mol. The van der Waals surface area contributed by atoms with E-state index in [-0.39, 0.29) is 18.5 Å². The first-order chi connectivity index (χ1) is 9.35. The Labute approximate surface area is 132 Å². The van der Waals surface area contributed by atoms with Crippen LogP contribution in [0.2, 0.25) is 0 Å². The molecular weight excluding hydrogens is 290 g/mol. The molecule has 1 fully saturated rings. The van der Waals surface area contributed by atoms with Crippen LogP contribution in [0.1, 0.15) is 45.2 Å². The number of nitrogens with two attached hydrogens (primary N) is 1. The number of rotatable bonds is 1. The number of hydrogen-bond donors (Lipinski definition) is 1. The summed E-state index contributed by atoms with van der Waals surface area (Å²) in [5.74, 6) is 0.397. The molecule has 1 aliphatic rings. The predicted octanol–water partition coefficient (Wildman–Crippen LogP) is 3.20. The van der Waals surface area contributed by atoms with Gasteiger partial charge in [0.05, 0.1) is 11.9 Å². The minimum Gasteiger partial charge on any atom is -0.444 e. The number of aromatic nitrogens is 1. The lowest BCUT2D eigenvalue weighted by molar-refractivity contribution is 0.0204. The second kappa shape index (κ2) is 6.98. The Morgan fingerprint density at radius 2 is 1.95 bits per heavy atom. The van der Waals surface area contributed by atoms with Crippen molar-refractivity contribution in [3.05, 3.63) is 24.0 Å². The van der Waals surface area contributed by atoms with Crippen molar-refractivity contribution in [3.63, 3.8) is 0 Å². The van der Waals surface area contributed by atoms with Crippen LogP contribution in [0, 0.1) is 0 Å². The minimum atomic E-state index is -0.438. The van der Waals surface area contributed by atoms with E-state index in [0.717, 1.165) is 18.5 Å². The highest BCUT2D eigenvalue weighted by atomic mass is 35.5. The molecule has 2 rings (SSSR count). The van der Waals surface area contributed by atoms with Gasteiger partial charge in [-0.15, -0.1) is 12.4 Å². The summed E-state index contributed by atoms with van der Waals surface area (Å²) in [4.78, 5) is 18.1. The van der Waals surface area contributed by atoms with Crippen LogP contribution in [0.15, 0.2) is 18.3 Å². The van der Waals surface area contributed by atoms with Crippen LogP contribution < -0.4 is 5.73 Å². The van der Waals surface area contributed by atoms with Crippen LogP contribution in [0.5, 0.6) is 0 Å². The van der Waals surface area contributed by atoms with Crippen molar-refractivity contribution >= 4 is 24.2 Å². The summed E-state index contributed by atoms with van der Waals surface area (Å²) in [5.41, 5.74) is 6.95. The topological polar surface area (TPSA) is 68.5 Å². The van der Waals surface area contributed by atoms with Crippen molar-refractivity contribution in [1.29, 1.82) is 0 Å². The highest BCUT2D eigenvalue weighted by molar-refractivity contribution is 5.85. The molecule has 1 aromatic heterocycles. The number of pyridine rings is 1. The quantitative estimate of drug-likeness (QED) is 0.864. The molecule has 0 spiro atoms. The molecule has 5 nitrogen and oxygen atoms in total. The van der Waals surface area contributed by atoms with Gasteiger partial charge in [-0.25, -0.2) is 4.79 Å². The molecule has 0 atom stereocenters. The van der Waals surface area contributed by atoms with E-state index in [1.54, 1.807) is 11.1 Å². The maximum atomic E-state index is 12.0. The number of hydrogen-bond acceptors (Lipinski definition) is 4. The van der Waals surface area contributed by atoms with Crippen molar-refractivity contribution < 1.29 is 9.53 Å². The lowest BCUT2D eigenvalue weighted by Gasteiger charge is -2.33. The fourth-order valence-electron chi connectivity index (χ4n) is 2.34. The normalized spacial score (nSPS) is 16.2. The van der Waals surface area contributed by atoms with Gasteiger partial charge in [-0.1, -0.05) is 0 Å². The fraction of sp³-hybridized carbons (Fsp3) is 0.600. The first-order valence-electron chi connectivity index (χ1n) is 7.04. The summed E-state index contributed by atoms with van der Waals surface area (Å²) in [7, 11) is 0. The molecule has 1 aromatic rings. The molecule has 1 amide bonds. The largest absolute Gasteiger partial charge is 0.444 e. The lowest BCUT2D eigenvalue weighted by Crippen LogP contribution is -2.41. The van der Waals surface area contributed by atoms with Crippen molar-refractivity contribution in [2.75, 3.05) is 18.8 Å². The summed E-state index contributed by atoms with van der Waals surface area (Å²) in [6.07, 6.45) is 3.29. The fourth-order valence-corrected chi connectivity index (χ4v) is 2.34. The molecule has 0 aliphatic carbocycles. The summed E-state index contributed by atoms with van der Waals surface area (Å²) in [5, 5.41) is 0. The molecule has 0 bridgehead atoms. The third-order valence-corrected chi connectivity index (χ3v) is 3.37. The van der Waals surface area contributed by atoms with E-state index >= 15 is 0 Å². The van der Waals surface area contributed by atoms with E-state index in [0.29, 0.717) is 24.7 Å². The van der Waals surface area contributed by atoms with Crippen molar-refractivity contribution in [2.24, 2.45) is 0 Å². The number of amides is 1. The second-order valence-corrected chi connectivity index (χ2v) is 6.26. The van der Waals surface area contributed by atoms with E-state index in [4.69, 9.17) is 10.5 Å². The standard InChI is InChI=1S/C15H23N3O2.ClH/c1-15(2,3)20-14(19)18-8-6-11(7-9-18)13-5-4-12(16)10-17-13;/h4-5,10-11H,6-9,16H2,1-3H3;1H. The average Bonchev–Trinajstić information content (AvgIpc) is 2.38. The maximum absolute atomic E-state index is 12.0. The maximum Gasteiger partial charge on any atom is 0.410 e. The van der Waals surface area contributed by atoms with Gasteiger partial charge >= 0.3 is 6.09 Å². The second-order valence-electron chi connectivity index (χ2n) is 6.26. The molecule has 1 aliphatic heterocycles. The molecule has 2 N–H and O–H groups in total. The first kappa shape index (κ1) is 17.6. The predicted molar refractivity (Wildman–Crippen MR) is 85.7 cm³/mol. The van der Waals surface area contributed by atoms with Crippen LogP contribution in [-0.2, 0) is 4.74 Å². The number of carbonyl (C=O) groups is 1. The monoisotopic (exact) mass is 313 g/mol. The molecule has 21 heavy (non-hydrogen) atoms. The van der Waals surface area contributed by atoms with Gasteiger partial charge in [-0.05, 0) is 45.7 Å². The number of nitrogen functional groups attached to an aromatic ring is 1. The third-order valence-electron chi connectivity index (χ3n) is 3.37. The van der Waals surface area contributed by atoms with Crippen molar-refractivity contribution in [2.45, 2.75) is 45.1 Å². The number of likely N-dealkylation sites (tertiary alicyclic amines) is 1. The van der Waals surface area contributed by atoms with Crippen LogP contribution in [0.25, 0.3) is 0 Å². The SMILES string of the molecule is CC(C)(C)OC(=O)N1CCC(c2ccc(N)cn2)CC1.Cl. The highest BCUT2D eigenvalue weighted by Gasteiger charge is 2.27. The molecular formula is C15H24ClN3O2. The van der Waals surface area contributed by atoms with Crippen molar-refractivity contribution in [3.8, 4) is 0 Å². The van der Waals surface area contributed by atoms with Gasteiger partial charge in [0.15, 0.2) is 0 Å². The highest BCUT2D eigenvalue weighted by Crippen LogP contribution is 2.27. The molecule has 0 unspecified atom stereocenters. The molecule has 0 saturated carbocycles. The van der Waals surface area contributed by atoms with E-state index in [1.807, 2.05) is 32.9 Å². The lowest BCUT2D eigenvalue weighted by atomic mass is 9.93. The zero-order valence-electron chi connectivity index (χ0n) is 12.8. The summed E-state index contributed by atoms with van der Waals surface area (Å²) >= 11 is 0. The van der Waals surface area contributed by atoms with Gasteiger partial charge in [0, 0.05) is 24.7 Å². The smallest absolute Gasteiger partial charge is 0.410 e. The number of nitrogens with zero attached hydrogens (tertiary/aromatic N) is 2. The molecule has 118 valence electrons. The first-order valence-corrected chi connectivity index (χ1v) is 7.04. The van der Waals surface area contributed by atoms with Gasteiger partial charge in [0.1, 0.15) is 5.60 Å². The van der Waals surface area contributed by atoms with Gasteiger partial charge in [-0.3, -0.25) is 4.98 Å². The zero-order chi connectivity index (χ0) is 14.8. The molecule has 6 heteroatoms. The van der Waals surface area contributed by atoms with Crippen molar-refractivity contribution in [1.82, 2.24) is 9.88 Å². The van der Waals surface area contributed by atoms with Crippen LogP contribution in [0.4, 0.5) is 10.5 Å². The van der Waals surface area contributed by atoms with E-state index in [9.17, 15) is 4.79 Å². The summed E-state index contributed by atoms with van der Waals surface area (Å²) < 4.78 is 5.39. The number of piperidine rings is 1.